The van der Waals surface area contributed by atoms with E-state index in [1.165, 1.54) is 25.7 Å². The van der Waals surface area contributed by atoms with E-state index in [0.29, 0.717) is 19.3 Å². The third kappa shape index (κ3) is 18.4. The van der Waals surface area contributed by atoms with E-state index >= 15 is 0 Å². The van der Waals surface area contributed by atoms with Crippen LogP contribution in [0.25, 0.3) is 0 Å². The summed E-state index contributed by atoms with van der Waals surface area (Å²) in [5, 5.41) is 30.5. The van der Waals surface area contributed by atoms with Gasteiger partial charge >= 0.3 is 11.9 Å². The van der Waals surface area contributed by atoms with E-state index < -0.39 is 24.3 Å². The predicted molar refractivity (Wildman–Crippen MR) is 160 cm³/mol. The van der Waals surface area contributed by atoms with Gasteiger partial charge in [0.2, 0.25) is 0 Å². The van der Waals surface area contributed by atoms with E-state index in [4.69, 9.17) is 9.47 Å². The number of Topliss-reactive ketones (excluding diaryl/α,β-unsaturated/α-hetero) is 1. The average Bonchev–Trinajstić information content (AvgIpc) is 3.22. The molecule has 0 unspecified atom stereocenters. The van der Waals surface area contributed by atoms with Gasteiger partial charge in [0.05, 0.1) is 12.2 Å². The molecule has 41 heavy (non-hydrogen) atoms. The maximum atomic E-state index is 12.4. The van der Waals surface area contributed by atoms with Gasteiger partial charge in [-0.15, -0.1) is 0 Å². The Morgan fingerprint density at radius 2 is 1.32 bits per heavy atom. The highest BCUT2D eigenvalue weighted by Gasteiger charge is 2.39. The zero-order valence-corrected chi connectivity index (χ0v) is 25.8. The molecule has 0 radical (unpaired) electrons. The molecule has 0 aliphatic heterocycles. The van der Waals surface area contributed by atoms with Gasteiger partial charge in [-0.1, -0.05) is 103 Å². The van der Waals surface area contributed by atoms with Gasteiger partial charge in [-0.05, 0) is 31.6 Å². The van der Waals surface area contributed by atoms with Gasteiger partial charge in [0.15, 0.2) is 0 Å². The Bertz CT molecular complexity index is 737. The van der Waals surface area contributed by atoms with Gasteiger partial charge in [-0.25, -0.2) is 0 Å². The van der Waals surface area contributed by atoms with E-state index in [1.54, 1.807) is 12.2 Å². The summed E-state index contributed by atoms with van der Waals surface area (Å²) >= 11 is 0. The first-order valence-corrected chi connectivity index (χ1v) is 16.3. The van der Waals surface area contributed by atoms with Gasteiger partial charge in [-0.3, -0.25) is 14.4 Å². The standard InChI is InChI=1S/C33H58O8/c1-3-5-7-8-9-10-15-19-32(38)40-24-27(35)25-41-33(39)20-16-12-11-14-18-28-29(31(37)23-30(28)36)22-21-26(34)17-13-6-4-2/h21-22,26-30,34-36H,3-20,23-25H2,1-2H3/b22-21+/t26-,27-,28+,29+,30-/m0/s1. The molecule has 1 aliphatic carbocycles. The Morgan fingerprint density at radius 3 is 1.90 bits per heavy atom. The van der Waals surface area contributed by atoms with E-state index in [0.717, 1.165) is 64.2 Å². The van der Waals surface area contributed by atoms with Crippen molar-refractivity contribution in [1.29, 1.82) is 0 Å². The normalized spacial score (nSPS) is 20.4. The van der Waals surface area contributed by atoms with E-state index in [-0.39, 0.29) is 49.6 Å². The van der Waals surface area contributed by atoms with Crippen LogP contribution in [0.2, 0.25) is 0 Å². The summed E-state index contributed by atoms with van der Waals surface area (Å²) in [5.74, 6) is -1.16. The highest BCUT2D eigenvalue weighted by atomic mass is 16.6. The number of hydrogen-bond acceptors (Lipinski definition) is 8. The average molecular weight is 583 g/mol. The van der Waals surface area contributed by atoms with Crippen LogP contribution in [0.15, 0.2) is 12.2 Å². The second-order valence-electron chi connectivity index (χ2n) is 11.7. The Morgan fingerprint density at radius 1 is 0.805 bits per heavy atom. The molecule has 0 aromatic rings. The highest BCUT2D eigenvalue weighted by Crippen LogP contribution is 2.34. The van der Waals surface area contributed by atoms with Crippen molar-refractivity contribution in [2.45, 2.75) is 154 Å². The largest absolute Gasteiger partial charge is 0.463 e. The van der Waals surface area contributed by atoms with Gasteiger partial charge in [0.1, 0.15) is 25.1 Å². The minimum atomic E-state index is -1.03. The van der Waals surface area contributed by atoms with Crippen molar-refractivity contribution < 1.29 is 39.2 Å². The van der Waals surface area contributed by atoms with Crippen LogP contribution < -0.4 is 0 Å². The number of allylic oxidation sites excluding steroid dienone is 1. The van der Waals surface area contributed by atoms with Crippen molar-refractivity contribution in [1.82, 2.24) is 0 Å². The maximum Gasteiger partial charge on any atom is 0.305 e. The first kappa shape index (κ1) is 37.3. The quantitative estimate of drug-likeness (QED) is 0.0681. The lowest BCUT2D eigenvalue weighted by Crippen LogP contribution is -2.25. The summed E-state index contributed by atoms with van der Waals surface area (Å²) in [7, 11) is 0. The molecule has 0 amide bonds. The molecule has 0 aromatic heterocycles. The van der Waals surface area contributed by atoms with E-state index in [1.807, 2.05) is 0 Å². The molecular formula is C33H58O8. The lowest BCUT2D eigenvalue weighted by molar-refractivity contribution is -0.152. The molecule has 1 rings (SSSR count). The molecule has 1 aliphatic rings. The molecule has 3 N–H and O–H groups in total. The Labute approximate surface area is 248 Å². The number of aliphatic hydroxyl groups excluding tert-OH is 3. The number of hydrogen-bond donors (Lipinski definition) is 3. The second-order valence-corrected chi connectivity index (χ2v) is 11.7. The van der Waals surface area contributed by atoms with Crippen molar-refractivity contribution in [3.8, 4) is 0 Å². The molecular weight excluding hydrogens is 524 g/mol. The fraction of sp³-hybridized carbons (Fsp3) is 0.848. The van der Waals surface area contributed by atoms with Crippen molar-refractivity contribution in [2.75, 3.05) is 13.2 Å². The van der Waals surface area contributed by atoms with Crippen LogP contribution in [0.3, 0.4) is 0 Å². The van der Waals surface area contributed by atoms with Crippen LogP contribution >= 0.6 is 0 Å². The number of carbonyl (C=O) groups is 3. The van der Waals surface area contributed by atoms with Crippen LogP contribution in [0, 0.1) is 11.8 Å². The Kier molecular flexibility index (Phi) is 21.6. The van der Waals surface area contributed by atoms with Crippen molar-refractivity contribution in [2.24, 2.45) is 11.8 Å². The molecule has 5 atom stereocenters. The summed E-state index contributed by atoms with van der Waals surface area (Å²) in [5.41, 5.74) is 0. The topological polar surface area (TPSA) is 130 Å². The lowest BCUT2D eigenvalue weighted by atomic mass is 9.88. The van der Waals surface area contributed by atoms with Gasteiger partial charge in [0, 0.05) is 25.2 Å². The Balaban J connectivity index is 2.12. The number of unbranched alkanes of at least 4 members (excludes halogenated alkanes) is 11. The minimum Gasteiger partial charge on any atom is -0.463 e. The van der Waals surface area contributed by atoms with Gasteiger partial charge < -0.3 is 24.8 Å². The summed E-state index contributed by atoms with van der Waals surface area (Å²) in [4.78, 5) is 36.2. The maximum absolute atomic E-state index is 12.4. The third-order valence-corrected chi connectivity index (χ3v) is 7.91. The highest BCUT2D eigenvalue weighted by molar-refractivity contribution is 5.86. The zero-order chi connectivity index (χ0) is 30.3. The summed E-state index contributed by atoms with van der Waals surface area (Å²) in [6, 6.07) is 0. The summed E-state index contributed by atoms with van der Waals surface area (Å²) in [6.45, 7) is 3.93. The molecule has 8 heteroatoms. The van der Waals surface area contributed by atoms with Crippen LogP contribution in [-0.4, -0.2) is 64.6 Å². The number of carbonyl (C=O) groups excluding carboxylic acids is 3. The number of ketones is 1. The molecule has 238 valence electrons. The third-order valence-electron chi connectivity index (χ3n) is 7.91. The minimum absolute atomic E-state index is 0.0346. The van der Waals surface area contributed by atoms with Crippen molar-refractivity contribution in [3.05, 3.63) is 12.2 Å². The molecule has 0 bridgehead atoms. The first-order chi connectivity index (χ1) is 19.8. The van der Waals surface area contributed by atoms with Crippen LogP contribution in [0.1, 0.15) is 136 Å². The molecule has 1 saturated carbocycles. The smallest absolute Gasteiger partial charge is 0.305 e. The fourth-order valence-electron chi connectivity index (χ4n) is 5.34. The summed E-state index contributed by atoms with van der Waals surface area (Å²) in [6.07, 6.45) is 17.6. The monoisotopic (exact) mass is 582 g/mol. The van der Waals surface area contributed by atoms with E-state index in [9.17, 15) is 29.7 Å². The van der Waals surface area contributed by atoms with Crippen LogP contribution in [-0.2, 0) is 23.9 Å². The molecule has 0 spiro atoms. The van der Waals surface area contributed by atoms with Crippen molar-refractivity contribution >= 4 is 17.7 Å². The molecule has 1 fully saturated rings. The fourth-order valence-corrected chi connectivity index (χ4v) is 5.34. The summed E-state index contributed by atoms with van der Waals surface area (Å²) < 4.78 is 10.2. The van der Waals surface area contributed by atoms with Gasteiger partial charge in [0.25, 0.3) is 0 Å². The number of ether oxygens (including phenoxy) is 2. The molecule has 8 nitrogen and oxygen atoms in total. The van der Waals surface area contributed by atoms with E-state index in [2.05, 4.69) is 13.8 Å². The SMILES string of the molecule is CCCCCCCCCC(=O)OC[C@H](O)COC(=O)CCCCCC[C@H]1[C@@H](O)CC(=O)[C@@H]1/C=C/[C@@H](O)CCCCC. The first-order valence-electron chi connectivity index (χ1n) is 16.3. The van der Waals surface area contributed by atoms with Crippen LogP contribution in [0.5, 0.6) is 0 Å². The van der Waals surface area contributed by atoms with Crippen LogP contribution in [0.4, 0.5) is 0 Å². The Hall–Kier alpha value is -1.77. The second kappa shape index (κ2) is 23.8. The molecule has 0 aromatic carbocycles. The molecule has 0 saturated heterocycles. The molecule has 0 heterocycles. The zero-order valence-electron chi connectivity index (χ0n) is 25.8. The number of esters is 2. The number of aliphatic hydroxyl groups is 3. The predicted octanol–water partition coefficient (Wildman–Crippen LogP) is 5.98. The number of rotatable bonds is 25. The van der Waals surface area contributed by atoms with Crippen molar-refractivity contribution in [3.63, 3.8) is 0 Å². The lowest BCUT2D eigenvalue weighted by Gasteiger charge is -2.19. The van der Waals surface area contributed by atoms with Gasteiger partial charge in [-0.2, -0.15) is 0 Å².